The predicted molar refractivity (Wildman–Crippen MR) is 67.6 cm³/mol. The molecule has 1 aromatic rings. The highest BCUT2D eigenvalue weighted by atomic mass is 35.5. The molecular formula is C10H6Cl4O4. The smallest absolute Gasteiger partial charge is 0.360 e. The van der Waals surface area contributed by atoms with Crippen molar-refractivity contribution in [3.8, 4) is 0 Å². The Hall–Kier alpha value is -0.230. The molecule has 0 atom stereocenters. The Morgan fingerprint density at radius 1 is 0.944 bits per heavy atom. The average Bonchev–Trinajstić information content (AvgIpc) is 2.67. The first-order valence-electron chi connectivity index (χ1n) is 4.59. The summed E-state index contributed by atoms with van der Waals surface area (Å²) in [5.74, 6) is -2.51. The van der Waals surface area contributed by atoms with Gasteiger partial charge in [0.15, 0.2) is 0 Å². The number of esters is 1. The lowest BCUT2D eigenvalue weighted by Gasteiger charge is -2.25. The second-order valence-electron chi connectivity index (χ2n) is 3.36. The third kappa shape index (κ3) is 1.72. The largest absolute Gasteiger partial charge is 0.400 e. The normalized spacial score (nSPS) is 16.7. The van der Waals surface area contributed by atoms with Gasteiger partial charge in [0.05, 0.1) is 31.2 Å². The van der Waals surface area contributed by atoms with Gasteiger partial charge < -0.3 is 14.2 Å². The van der Waals surface area contributed by atoms with Crippen LogP contribution >= 0.6 is 46.4 Å². The van der Waals surface area contributed by atoms with Crippen molar-refractivity contribution >= 4 is 52.4 Å². The lowest BCUT2D eigenvalue weighted by atomic mass is 10.1. The first kappa shape index (κ1) is 14.2. The molecule has 98 valence electrons. The Labute approximate surface area is 123 Å². The van der Waals surface area contributed by atoms with Gasteiger partial charge in [0.1, 0.15) is 0 Å². The summed E-state index contributed by atoms with van der Waals surface area (Å²) in [5, 5.41) is -0.0847. The highest BCUT2D eigenvalue weighted by Crippen LogP contribution is 2.50. The van der Waals surface area contributed by atoms with E-state index in [-0.39, 0.29) is 31.2 Å². The summed E-state index contributed by atoms with van der Waals surface area (Å²) in [4.78, 5) is 11.8. The van der Waals surface area contributed by atoms with Gasteiger partial charge in [-0.3, -0.25) is 0 Å². The number of fused-ring (bicyclic) bond motifs is 1. The summed E-state index contributed by atoms with van der Waals surface area (Å²) < 4.78 is 15.2. The minimum Gasteiger partial charge on any atom is -0.400 e. The number of benzene rings is 1. The Bertz CT molecular complexity index is 539. The van der Waals surface area contributed by atoms with E-state index in [9.17, 15) is 4.79 Å². The summed E-state index contributed by atoms with van der Waals surface area (Å²) in [7, 11) is 2.58. The summed E-state index contributed by atoms with van der Waals surface area (Å²) in [6, 6.07) is 0. The molecule has 1 heterocycles. The second kappa shape index (κ2) is 4.71. The van der Waals surface area contributed by atoms with Gasteiger partial charge >= 0.3 is 11.9 Å². The van der Waals surface area contributed by atoms with Crippen LogP contribution < -0.4 is 0 Å². The quantitative estimate of drug-likeness (QED) is 0.357. The molecule has 1 aliphatic heterocycles. The lowest BCUT2D eigenvalue weighted by molar-refractivity contribution is -0.340. The van der Waals surface area contributed by atoms with E-state index < -0.39 is 11.9 Å². The molecule has 8 heteroatoms. The number of carbonyl (C=O) groups is 1. The molecule has 0 bridgehead atoms. The topological polar surface area (TPSA) is 44.8 Å². The maximum absolute atomic E-state index is 11.8. The van der Waals surface area contributed by atoms with E-state index >= 15 is 0 Å². The molecule has 18 heavy (non-hydrogen) atoms. The first-order valence-corrected chi connectivity index (χ1v) is 6.10. The van der Waals surface area contributed by atoms with E-state index in [0.717, 1.165) is 0 Å². The zero-order valence-electron chi connectivity index (χ0n) is 9.14. The number of ether oxygens (including phenoxy) is 3. The minimum atomic E-state index is -1.76. The molecule has 0 amide bonds. The summed E-state index contributed by atoms with van der Waals surface area (Å²) >= 11 is 23.8. The number of cyclic esters (lactones) is 1. The van der Waals surface area contributed by atoms with Crippen molar-refractivity contribution in [2.45, 2.75) is 5.97 Å². The van der Waals surface area contributed by atoms with Crippen molar-refractivity contribution in [1.29, 1.82) is 0 Å². The van der Waals surface area contributed by atoms with E-state index in [2.05, 4.69) is 0 Å². The van der Waals surface area contributed by atoms with Crippen molar-refractivity contribution in [3.05, 3.63) is 31.2 Å². The number of hydrogen-bond acceptors (Lipinski definition) is 4. The zero-order chi connectivity index (χ0) is 13.7. The van der Waals surface area contributed by atoms with Crippen LogP contribution in [-0.4, -0.2) is 20.2 Å². The van der Waals surface area contributed by atoms with Crippen molar-refractivity contribution in [3.63, 3.8) is 0 Å². The van der Waals surface area contributed by atoms with Crippen LogP contribution in [0.2, 0.25) is 20.1 Å². The fourth-order valence-corrected chi connectivity index (χ4v) is 2.75. The molecule has 0 fully saturated rings. The molecule has 0 unspecified atom stereocenters. The summed E-state index contributed by atoms with van der Waals surface area (Å²) in [5.41, 5.74) is 0.0957. The van der Waals surface area contributed by atoms with E-state index in [4.69, 9.17) is 60.6 Å². The monoisotopic (exact) mass is 330 g/mol. The number of hydrogen-bond donors (Lipinski definition) is 0. The molecule has 0 aliphatic carbocycles. The molecule has 0 saturated carbocycles. The van der Waals surface area contributed by atoms with Gasteiger partial charge in [-0.15, -0.1) is 0 Å². The fourth-order valence-electron chi connectivity index (χ4n) is 1.71. The molecule has 2 rings (SSSR count). The molecule has 0 radical (unpaired) electrons. The van der Waals surface area contributed by atoms with Gasteiger partial charge in [-0.25, -0.2) is 4.79 Å². The molecular weight excluding hydrogens is 326 g/mol. The van der Waals surface area contributed by atoms with Crippen LogP contribution in [0.25, 0.3) is 0 Å². The Balaban J connectivity index is 2.87. The van der Waals surface area contributed by atoms with Crippen LogP contribution in [0.15, 0.2) is 0 Å². The van der Waals surface area contributed by atoms with Crippen molar-refractivity contribution in [1.82, 2.24) is 0 Å². The minimum absolute atomic E-state index is 0.00106. The zero-order valence-corrected chi connectivity index (χ0v) is 12.2. The SMILES string of the molecule is COC1(OC)OC(=O)c2c(Cl)c(Cl)c(Cl)c(Cl)c21. The number of rotatable bonds is 2. The molecule has 4 nitrogen and oxygen atoms in total. The first-order chi connectivity index (χ1) is 8.39. The third-order valence-electron chi connectivity index (χ3n) is 2.54. The van der Waals surface area contributed by atoms with Gasteiger partial charge in [-0.2, -0.15) is 0 Å². The highest BCUT2D eigenvalue weighted by molar-refractivity contribution is 6.53. The van der Waals surface area contributed by atoms with E-state index in [1.54, 1.807) is 0 Å². The van der Waals surface area contributed by atoms with Crippen molar-refractivity contribution in [2.75, 3.05) is 14.2 Å². The summed E-state index contributed by atoms with van der Waals surface area (Å²) in [6.45, 7) is 0. The summed E-state index contributed by atoms with van der Waals surface area (Å²) in [6.07, 6.45) is 0. The van der Waals surface area contributed by atoms with Crippen LogP contribution in [0, 0.1) is 0 Å². The van der Waals surface area contributed by atoms with Gasteiger partial charge in [0.25, 0.3) is 0 Å². The molecule has 0 spiro atoms. The highest BCUT2D eigenvalue weighted by Gasteiger charge is 2.51. The van der Waals surface area contributed by atoms with E-state index in [1.807, 2.05) is 0 Å². The number of carbonyl (C=O) groups excluding carboxylic acids is 1. The van der Waals surface area contributed by atoms with Gasteiger partial charge in [-0.1, -0.05) is 46.4 Å². The number of halogens is 4. The van der Waals surface area contributed by atoms with Crippen LogP contribution in [0.4, 0.5) is 0 Å². The molecule has 0 N–H and O–H groups in total. The van der Waals surface area contributed by atoms with Gasteiger partial charge in [0, 0.05) is 14.2 Å². The predicted octanol–water partition coefficient (Wildman–Crippen LogP) is 3.87. The van der Waals surface area contributed by atoms with Crippen molar-refractivity contribution in [2.24, 2.45) is 0 Å². The van der Waals surface area contributed by atoms with Crippen LogP contribution in [0.3, 0.4) is 0 Å². The number of methoxy groups -OCH3 is 2. The standard InChI is InChI=1S/C10H6Cl4O4/c1-16-10(17-2)4-3(9(15)18-10)5(11)7(13)8(14)6(4)12/h1-2H3. The van der Waals surface area contributed by atoms with Crippen LogP contribution in [-0.2, 0) is 20.2 Å². The van der Waals surface area contributed by atoms with E-state index in [0.29, 0.717) is 0 Å². The molecule has 0 aromatic heterocycles. The maximum atomic E-state index is 11.8. The second-order valence-corrected chi connectivity index (χ2v) is 4.87. The Morgan fingerprint density at radius 2 is 1.44 bits per heavy atom. The third-order valence-corrected chi connectivity index (χ3v) is 4.34. The van der Waals surface area contributed by atoms with E-state index in [1.165, 1.54) is 14.2 Å². The van der Waals surface area contributed by atoms with Gasteiger partial charge in [0.2, 0.25) is 0 Å². The average molecular weight is 332 g/mol. The van der Waals surface area contributed by atoms with Crippen LogP contribution in [0.5, 0.6) is 0 Å². The fraction of sp³-hybridized carbons (Fsp3) is 0.300. The van der Waals surface area contributed by atoms with Gasteiger partial charge in [-0.05, 0) is 0 Å². The lowest BCUT2D eigenvalue weighted by Crippen LogP contribution is -2.31. The molecule has 1 aromatic carbocycles. The Kier molecular flexibility index (Phi) is 3.71. The van der Waals surface area contributed by atoms with Crippen molar-refractivity contribution < 1.29 is 19.0 Å². The maximum Gasteiger partial charge on any atom is 0.360 e. The Morgan fingerprint density at radius 3 is 1.94 bits per heavy atom. The molecule has 1 aliphatic rings. The molecule has 0 saturated heterocycles. The van der Waals surface area contributed by atoms with Crippen LogP contribution in [0.1, 0.15) is 15.9 Å².